The van der Waals surface area contributed by atoms with E-state index in [1.54, 1.807) is 16.2 Å². The summed E-state index contributed by atoms with van der Waals surface area (Å²) in [6, 6.07) is 5.27. The molecule has 0 spiro atoms. The molecule has 0 radical (unpaired) electrons. The van der Waals surface area contributed by atoms with E-state index >= 15 is 0 Å². The standard InChI is InChI=1S/C12H15N3O2/c1-14-9-4-2-3-7-10(9)15(12(14)17)6-5-8(13)11(7)16/h2-4,8,11,16H,5-6,13H2,1H3. The predicted molar refractivity (Wildman–Crippen MR) is 64.7 cm³/mol. The molecular weight excluding hydrogens is 218 g/mol. The Hall–Kier alpha value is -1.59. The average molecular weight is 233 g/mol. The fourth-order valence-corrected chi connectivity index (χ4v) is 2.61. The SMILES string of the molecule is Cn1c(=O)n2c3c(cccc31)C(O)C(N)CC2. The molecule has 1 aromatic heterocycles. The smallest absolute Gasteiger partial charge is 0.328 e. The number of nitrogens with zero attached hydrogens (tertiary/aromatic N) is 2. The van der Waals surface area contributed by atoms with Crippen LogP contribution < -0.4 is 11.4 Å². The molecule has 0 amide bonds. The number of imidazole rings is 1. The number of aliphatic hydroxyl groups is 1. The van der Waals surface area contributed by atoms with Gasteiger partial charge in [-0.05, 0) is 12.5 Å². The summed E-state index contributed by atoms with van der Waals surface area (Å²) in [4.78, 5) is 12.1. The summed E-state index contributed by atoms with van der Waals surface area (Å²) in [5.74, 6) is 0. The molecule has 2 heterocycles. The molecular formula is C12H15N3O2. The fourth-order valence-electron chi connectivity index (χ4n) is 2.61. The molecule has 0 saturated carbocycles. The van der Waals surface area contributed by atoms with Crippen LogP contribution in [0.3, 0.4) is 0 Å². The Morgan fingerprint density at radius 3 is 3.00 bits per heavy atom. The van der Waals surface area contributed by atoms with Crippen molar-refractivity contribution in [1.82, 2.24) is 9.13 Å². The molecule has 5 heteroatoms. The van der Waals surface area contributed by atoms with Gasteiger partial charge in [-0.15, -0.1) is 0 Å². The summed E-state index contributed by atoms with van der Waals surface area (Å²) in [7, 11) is 1.75. The van der Waals surface area contributed by atoms with E-state index in [1.165, 1.54) is 0 Å². The number of aliphatic hydroxyl groups excluding tert-OH is 1. The van der Waals surface area contributed by atoms with Gasteiger partial charge in [0.25, 0.3) is 0 Å². The van der Waals surface area contributed by atoms with E-state index < -0.39 is 6.10 Å². The van der Waals surface area contributed by atoms with Gasteiger partial charge in [0.2, 0.25) is 0 Å². The van der Waals surface area contributed by atoms with Gasteiger partial charge < -0.3 is 10.8 Å². The van der Waals surface area contributed by atoms with Crippen molar-refractivity contribution >= 4 is 11.0 Å². The van der Waals surface area contributed by atoms with E-state index in [4.69, 9.17) is 5.73 Å². The molecule has 3 N–H and O–H groups in total. The van der Waals surface area contributed by atoms with E-state index in [0.717, 1.165) is 16.6 Å². The number of rotatable bonds is 0. The highest BCUT2D eigenvalue weighted by molar-refractivity contribution is 5.80. The maximum Gasteiger partial charge on any atom is 0.328 e. The molecule has 3 rings (SSSR count). The highest BCUT2D eigenvalue weighted by Gasteiger charge is 2.26. The van der Waals surface area contributed by atoms with Gasteiger partial charge in [-0.3, -0.25) is 9.13 Å². The molecule has 2 atom stereocenters. The zero-order chi connectivity index (χ0) is 12.2. The van der Waals surface area contributed by atoms with Gasteiger partial charge in [-0.25, -0.2) is 4.79 Å². The van der Waals surface area contributed by atoms with Crippen molar-refractivity contribution in [2.75, 3.05) is 0 Å². The molecule has 1 aliphatic heterocycles. The van der Waals surface area contributed by atoms with Crippen LogP contribution in [0.4, 0.5) is 0 Å². The van der Waals surface area contributed by atoms with Crippen LogP contribution in [-0.4, -0.2) is 20.3 Å². The molecule has 17 heavy (non-hydrogen) atoms. The van der Waals surface area contributed by atoms with Crippen molar-refractivity contribution in [3.8, 4) is 0 Å². The first-order valence-electron chi connectivity index (χ1n) is 5.73. The van der Waals surface area contributed by atoms with Crippen molar-refractivity contribution < 1.29 is 5.11 Å². The molecule has 0 bridgehead atoms. The second-order valence-corrected chi connectivity index (χ2v) is 4.61. The number of hydrogen-bond donors (Lipinski definition) is 2. The summed E-state index contributed by atoms with van der Waals surface area (Å²) in [5, 5.41) is 10.2. The van der Waals surface area contributed by atoms with Crippen LogP contribution in [0.25, 0.3) is 11.0 Å². The lowest BCUT2D eigenvalue weighted by Gasteiger charge is -2.16. The van der Waals surface area contributed by atoms with Crippen LogP contribution in [-0.2, 0) is 13.6 Å². The Labute approximate surface area is 98.1 Å². The molecule has 90 valence electrons. The fraction of sp³-hybridized carbons (Fsp3) is 0.417. The molecule has 0 saturated heterocycles. The third kappa shape index (κ3) is 1.29. The zero-order valence-corrected chi connectivity index (χ0v) is 9.63. The molecule has 5 nitrogen and oxygen atoms in total. The van der Waals surface area contributed by atoms with Crippen LogP contribution in [0.1, 0.15) is 18.1 Å². The minimum atomic E-state index is -0.700. The molecule has 1 aliphatic rings. The van der Waals surface area contributed by atoms with Gasteiger partial charge in [0, 0.05) is 25.2 Å². The Morgan fingerprint density at radius 2 is 2.24 bits per heavy atom. The third-order valence-corrected chi connectivity index (χ3v) is 3.61. The molecule has 0 fully saturated rings. The predicted octanol–water partition coefficient (Wildman–Crippen LogP) is 0.104. The number of hydrogen-bond acceptors (Lipinski definition) is 3. The molecule has 2 unspecified atom stereocenters. The number of nitrogens with two attached hydrogens (primary N) is 1. The average Bonchev–Trinajstić information content (AvgIpc) is 2.50. The second kappa shape index (κ2) is 3.45. The third-order valence-electron chi connectivity index (χ3n) is 3.61. The van der Waals surface area contributed by atoms with Gasteiger partial charge >= 0.3 is 5.69 Å². The summed E-state index contributed by atoms with van der Waals surface area (Å²) in [5.41, 5.74) is 8.28. The first-order chi connectivity index (χ1) is 8.11. The monoisotopic (exact) mass is 233 g/mol. The number of aryl methyl sites for hydroxylation is 2. The van der Waals surface area contributed by atoms with E-state index in [-0.39, 0.29) is 11.7 Å². The van der Waals surface area contributed by atoms with E-state index in [1.807, 2.05) is 18.2 Å². The van der Waals surface area contributed by atoms with Crippen molar-refractivity contribution in [3.63, 3.8) is 0 Å². The second-order valence-electron chi connectivity index (χ2n) is 4.61. The highest BCUT2D eigenvalue weighted by atomic mass is 16.3. The van der Waals surface area contributed by atoms with Crippen LogP contribution in [0.2, 0.25) is 0 Å². The normalized spacial score (nSPS) is 23.9. The molecule has 0 aliphatic carbocycles. The summed E-state index contributed by atoms with van der Waals surface area (Å²) < 4.78 is 3.32. The quantitative estimate of drug-likeness (QED) is 0.678. The van der Waals surface area contributed by atoms with Crippen LogP contribution in [0.5, 0.6) is 0 Å². The highest BCUT2D eigenvalue weighted by Crippen LogP contribution is 2.29. The summed E-state index contributed by atoms with van der Waals surface area (Å²) in [6.07, 6.45) is -0.0938. The molecule has 2 aromatic rings. The minimum absolute atomic E-state index is 0.0475. The minimum Gasteiger partial charge on any atom is -0.387 e. The first kappa shape index (κ1) is 10.6. The van der Waals surface area contributed by atoms with Crippen LogP contribution >= 0.6 is 0 Å². The Bertz CT molecular complexity index is 641. The summed E-state index contributed by atoms with van der Waals surface area (Å²) >= 11 is 0. The largest absolute Gasteiger partial charge is 0.387 e. The van der Waals surface area contributed by atoms with Crippen LogP contribution in [0.15, 0.2) is 23.0 Å². The van der Waals surface area contributed by atoms with Gasteiger partial charge in [0.15, 0.2) is 0 Å². The Kier molecular flexibility index (Phi) is 2.14. The van der Waals surface area contributed by atoms with Gasteiger partial charge in [0.05, 0.1) is 17.1 Å². The summed E-state index contributed by atoms with van der Waals surface area (Å²) in [6.45, 7) is 0.561. The maximum absolute atomic E-state index is 12.1. The number of aromatic nitrogens is 2. The lowest BCUT2D eigenvalue weighted by Crippen LogP contribution is -2.29. The van der Waals surface area contributed by atoms with Gasteiger partial charge in [-0.1, -0.05) is 12.1 Å². The topological polar surface area (TPSA) is 73.2 Å². The maximum atomic E-state index is 12.1. The zero-order valence-electron chi connectivity index (χ0n) is 9.63. The van der Waals surface area contributed by atoms with Crippen molar-refractivity contribution in [2.45, 2.75) is 25.1 Å². The van der Waals surface area contributed by atoms with Crippen molar-refractivity contribution in [2.24, 2.45) is 12.8 Å². The van der Waals surface area contributed by atoms with E-state index in [9.17, 15) is 9.90 Å². The lowest BCUT2D eigenvalue weighted by atomic mass is 10.0. The van der Waals surface area contributed by atoms with Gasteiger partial charge in [0.1, 0.15) is 0 Å². The Morgan fingerprint density at radius 1 is 1.47 bits per heavy atom. The van der Waals surface area contributed by atoms with Crippen molar-refractivity contribution in [1.29, 1.82) is 0 Å². The van der Waals surface area contributed by atoms with Gasteiger partial charge in [-0.2, -0.15) is 0 Å². The lowest BCUT2D eigenvalue weighted by molar-refractivity contribution is 0.144. The number of benzene rings is 1. The van der Waals surface area contributed by atoms with Crippen LogP contribution in [0, 0.1) is 0 Å². The van der Waals surface area contributed by atoms with E-state index in [2.05, 4.69) is 0 Å². The Balaban J connectivity index is 2.46. The van der Waals surface area contributed by atoms with Crippen molar-refractivity contribution in [3.05, 3.63) is 34.2 Å². The first-order valence-corrected chi connectivity index (χ1v) is 5.73. The van der Waals surface area contributed by atoms with E-state index in [0.29, 0.717) is 13.0 Å². The molecule has 1 aromatic carbocycles. The number of para-hydroxylation sites is 1.